The van der Waals surface area contributed by atoms with Crippen molar-refractivity contribution in [1.29, 1.82) is 0 Å². The summed E-state index contributed by atoms with van der Waals surface area (Å²) >= 11 is 6.29. The number of hydrogen-bond acceptors (Lipinski definition) is 1. The van der Waals surface area contributed by atoms with E-state index in [4.69, 9.17) is 11.6 Å². The number of aromatic nitrogens is 1. The van der Waals surface area contributed by atoms with Gasteiger partial charge < -0.3 is 0 Å². The first-order valence-corrected chi connectivity index (χ1v) is 5.81. The number of nitrogens with zero attached hydrogens (tertiary/aromatic N) is 1. The monoisotopic (exact) mass is 217 g/mol. The first kappa shape index (κ1) is 9.17. The van der Waals surface area contributed by atoms with Gasteiger partial charge in [0.1, 0.15) is 0 Å². The fourth-order valence-electron chi connectivity index (χ4n) is 2.25. The second-order valence-electron chi connectivity index (χ2n) is 4.09. The minimum absolute atomic E-state index is 0.110. The highest BCUT2D eigenvalue weighted by Crippen LogP contribution is 2.34. The molecule has 0 saturated heterocycles. The Morgan fingerprint density at radius 1 is 1.27 bits per heavy atom. The Morgan fingerprint density at radius 3 is 3.07 bits per heavy atom. The molecule has 15 heavy (non-hydrogen) atoms. The van der Waals surface area contributed by atoms with E-state index in [9.17, 15) is 0 Å². The number of halogens is 1. The van der Waals surface area contributed by atoms with Gasteiger partial charge in [-0.2, -0.15) is 0 Å². The number of para-hydroxylation sites is 1. The average molecular weight is 218 g/mol. The minimum atomic E-state index is 0.110. The van der Waals surface area contributed by atoms with E-state index in [-0.39, 0.29) is 5.38 Å². The Kier molecular flexibility index (Phi) is 2.14. The summed E-state index contributed by atoms with van der Waals surface area (Å²) in [6, 6.07) is 10.5. The number of alkyl halides is 1. The van der Waals surface area contributed by atoms with Crippen LogP contribution in [0.2, 0.25) is 0 Å². The van der Waals surface area contributed by atoms with Gasteiger partial charge in [-0.25, -0.2) is 0 Å². The number of rotatable bonds is 0. The van der Waals surface area contributed by atoms with Gasteiger partial charge >= 0.3 is 0 Å². The number of pyridine rings is 1. The van der Waals surface area contributed by atoms with Gasteiger partial charge in [-0.15, -0.1) is 11.6 Å². The van der Waals surface area contributed by atoms with Crippen LogP contribution in [0.15, 0.2) is 30.3 Å². The summed E-state index contributed by atoms with van der Waals surface area (Å²) in [5, 5.41) is 1.33. The molecule has 1 atom stereocenters. The van der Waals surface area contributed by atoms with E-state index >= 15 is 0 Å². The predicted molar refractivity (Wildman–Crippen MR) is 63.3 cm³/mol. The largest absolute Gasteiger partial charge is 0.251 e. The van der Waals surface area contributed by atoms with Gasteiger partial charge in [-0.1, -0.05) is 18.2 Å². The van der Waals surface area contributed by atoms with Gasteiger partial charge in [0.05, 0.1) is 16.6 Å². The average Bonchev–Trinajstić information content (AvgIpc) is 2.27. The second kappa shape index (κ2) is 3.49. The molecule has 0 aliphatic heterocycles. The Labute approximate surface area is 94.1 Å². The van der Waals surface area contributed by atoms with Crippen molar-refractivity contribution in [3.05, 3.63) is 41.6 Å². The first-order valence-electron chi connectivity index (χ1n) is 5.37. The minimum Gasteiger partial charge on any atom is -0.251 e. The number of fused-ring (bicyclic) bond motifs is 2. The molecule has 1 heterocycles. The van der Waals surface area contributed by atoms with Crippen LogP contribution in [0.3, 0.4) is 0 Å². The topological polar surface area (TPSA) is 12.9 Å². The van der Waals surface area contributed by atoms with Crippen LogP contribution < -0.4 is 0 Å². The highest BCUT2D eigenvalue weighted by Gasteiger charge is 2.19. The summed E-state index contributed by atoms with van der Waals surface area (Å²) in [5.74, 6) is 0. The molecule has 1 unspecified atom stereocenters. The molecule has 0 N–H and O–H groups in total. The molecular formula is C13H12ClN. The summed E-state index contributed by atoms with van der Waals surface area (Å²) < 4.78 is 0. The van der Waals surface area contributed by atoms with Crippen LogP contribution in [0.25, 0.3) is 10.9 Å². The predicted octanol–water partition coefficient (Wildman–Crippen LogP) is 3.85. The van der Waals surface area contributed by atoms with Gasteiger partial charge in [0.25, 0.3) is 0 Å². The molecule has 0 radical (unpaired) electrons. The lowest BCUT2D eigenvalue weighted by molar-refractivity contribution is 0.653. The van der Waals surface area contributed by atoms with E-state index < -0.39 is 0 Å². The zero-order valence-corrected chi connectivity index (χ0v) is 9.17. The van der Waals surface area contributed by atoms with Gasteiger partial charge in [-0.3, -0.25) is 4.98 Å². The number of hydrogen-bond donors (Lipinski definition) is 0. The summed E-state index contributed by atoms with van der Waals surface area (Å²) in [6.45, 7) is 0. The molecule has 2 heteroatoms. The van der Waals surface area contributed by atoms with E-state index in [0.717, 1.165) is 24.1 Å². The molecule has 1 nitrogen and oxygen atoms in total. The normalized spacial score (nSPS) is 20.2. The molecule has 76 valence electrons. The Hall–Kier alpha value is -1.08. The Bertz CT molecular complexity index is 507. The fourth-order valence-corrected chi connectivity index (χ4v) is 2.60. The van der Waals surface area contributed by atoms with Gasteiger partial charge in [-0.05, 0) is 37.0 Å². The standard InChI is InChI=1S/C13H12ClN/c14-11-6-3-5-10-8-9-4-1-2-7-12(9)15-13(10)11/h1-2,4,7-8,11H,3,5-6H2. The number of aryl methyl sites for hydroxylation is 1. The Morgan fingerprint density at radius 2 is 2.13 bits per heavy atom. The quantitative estimate of drug-likeness (QED) is 0.611. The fraction of sp³-hybridized carbons (Fsp3) is 0.308. The smallest absolute Gasteiger partial charge is 0.0760 e. The van der Waals surface area contributed by atoms with E-state index in [1.54, 1.807) is 0 Å². The molecule has 2 aromatic rings. The van der Waals surface area contributed by atoms with Crippen LogP contribution in [-0.4, -0.2) is 4.98 Å². The van der Waals surface area contributed by atoms with Crippen molar-refractivity contribution in [2.24, 2.45) is 0 Å². The van der Waals surface area contributed by atoms with Crippen LogP contribution >= 0.6 is 11.6 Å². The summed E-state index contributed by atoms with van der Waals surface area (Å²) in [5.41, 5.74) is 3.49. The van der Waals surface area contributed by atoms with Crippen LogP contribution in [0.5, 0.6) is 0 Å². The van der Waals surface area contributed by atoms with Gasteiger partial charge in [0.2, 0.25) is 0 Å². The maximum absolute atomic E-state index is 6.29. The van der Waals surface area contributed by atoms with E-state index in [1.807, 2.05) is 12.1 Å². The zero-order valence-electron chi connectivity index (χ0n) is 8.41. The zero-order chi connectivity index (χ0) is 10.3. The highest BCUT2D eigenvalue weighted by atomic mass is 35.5. The molecule has 1 aromatic heterocycles. The third-order valence-electron chi connectivity index (χ3n) is 3.04. The van der Waals surface area contributed by atoms with Gasteiger partial charge in [0, 0.05) is 5.39 Å². The second-order valence-corrected chi connectivity index (χ2v) is 4.61. The third-order valence-corrected chi connectivity index (χ3v) is 3.46. The van der Waals surface area contributed by atoms with Crippen molar-refractivity contribution >= 4 is 22.5 Å². The Balaban J connectivity index is 2.27. The van der Waals surface area contributed by atoms with Crippen molar-refractivity contribution in [2.45, 2.75) is 24.6 Å². The lowest BCUT2D eigenvalue weighted by Crippen LogP contribution is -2.07. The van der Waals surface area contributed by atoms with Crippen LogP contribution in [0, 0.1) is 0 Å². The SMILES string of the molecule is ClC1CCCc2cc3ccccc3nc21. The maximum Gasteiger partial charge on any atom is 0.0760 e. The molecule has 0 bridgehead atoms. The van der Waals surface area contributed by atoms with Crippen molar-refractivity contribution in [2.75, 3.05) is 0 Å². The molecular weight excluding hydrogens is 206 g/mol. The first-order chi connectivity index (χ1) is 7.34. The molecule has 0 saturated carbocycles. The summed E-state index contributed by atoms with van der Waals surface area (Å²) in [7, 11) is 0. The van der Waals surface area contributed by atoms with Crippen molar-refractivity contribution in [3.63, 3.8) is 0 Å². The van der Waals surface area contributed by atoms with Crippen molar-refractivity contribution in [1.82, 2.24) is 4.98 Å². The van der Waals surface area contributed by atoms with Crippen LogP contribution in [0.4, 0.5) is 0 Å². The van der Waals surface area contributed by atoms with E-state index in [1.165, 1.54) is 17.4 Å². The third kappa shape index (κ3) is 1.51. The van der Waals surface area contributed by atoms with E-state index in [2.05, 4.69) is 23.2 Å². The summed E-state index contributed by atoms with van der Waals surface area (Å²) in [6.07, 6.45) is 3.36. The van der Waals surface area contributed by atoms with Crippen molar-refractivity contribution in [3.8, 4) is 0 Å². The molecule has 3 rings (SSSR count). The molecule has 0 amide bonds. The lowest BCUT2D eigenvalue weighted by Gasteiger charge is -2.19. The van der Waals surface area contributed by atoms with Gasteiger partial charge in [0.15, 0.2) is 0 Å². The molecule has 0 fully saturated rings. The maximum atomic E-state index is 6.29. The van der Waals surface area contributed by atoms with Crippen LogP contribution in [0.1, 0.15) is 29.5 Å². The lowest BCUT2D eigenvalue weighted by atomic mass is 9.94. The van der Waals surface area contributed by atoms with Crippen LogP contribution in [-0.2, 0) is 6.42 Å². The number of benzene rings is 1. The van der Waals surface area contributed by atoms with Crippen molar-refractivity contribution < 1.29 is 0 Å². The molecule has 1 aliphatic rings. The molecule has 1 aliphatic carbocycles. The van der Waals surface area contributed by atoms with E-state index in [0.29, 0.717) is 0 Å². The molecule has 0 spiro atoms. The summed E-state index contributed by atoms with van der Waals surface area (Å²) in [4.78, 5) is 4.66. The highest BCUT2D eigenvalue weighted by molar-refractivity contribution is 6.20. The molecule has 1 aromatic carbocycles.